The summed E-state index contributed by atoms with van der Waals surface area (Å²) in [7, 11) is 0. The van der Waals surface area contributed by atoms with E-state index in [1.165, 1.54) is 0 Å². The van der Waals surface area contributed by atoms with Gasteiger partial charge < -0.3 is 10.2 Å². The van der Waals surface area contributed by atoms with Gasteiger partial charge in [0.25, 0.3) is 0 Å². The highest BCUT2D eigenvalue weighted by Crippen LogP contribution is 2.07. The van der Waals surface area contributed by atoms with Gasteiger partial charge in [0, 0.05) is 12.8 Å². The van der Waals surface area contributed by atoms with Crippen molar-refractivity contribution in [2.75, 3.05) is 0 Å². The second-order valence-corrected chi connectivity index (χ2v) is 3.03. The van der Waals surface area contributed by atoms with E-state index >= 15 is 0 Å². The van der Waals surface area contributed by atoms with Crippen LogP contribution in [0.3, 0.4) is 0 Å². The summed E-state index contributed by atoms with van der Waals surface area (Å²) in [5.41, 5.74) is 0. The van der Waals surface area contributed by atoms with Crippen LogP contribution in [0.4, 0.5) is 0 Å². The first kappa shape index (κ1) is 9.77. The fourth-order valence-corrected chi connectivity index (χ4v) is 1.03. The Hall–Kier alpha value is -1.32. The Kier molecular flexibility index (Phi) is 3.49. The topological polar surface area (TPSA) is 50.7 Å². The van der Waals surface area contributed by atoms with Crippen molar-refractivity contribution in [1.82, 2.24) is 5.32 Å². The molecule has 1 N–H and O–H groups in total. The smallest absolute Gasteiger partial charge is 0.225 e. The van der Waals surface area contributed by atoms with Gasteiger partial charge >= 0.3 is 0 Å². The maximum Gasteiger partial charge on any atom is 0.225 e. The molecule has 0 bridgehead atoms. The average Bonchev–Trinajstić information content (AvgIpc) is 2.48. The first-order valence-corrected chi connectivity index (χ1v) is 4.36. The predicted octanol–water partition coefficient (Wildman–Crippen LogP) is 1.19. The standard InChI is InChI=1S/C9H14N2O2/c1-3-4-5-9(12)10-8-6-7(2)13-11-8/h3,7H,1,4-6H2,2H3,(H,10,11,12). The largest absolute Gasteiger partial charge is 0.391 e. The molecule has 0 saturated carbocycles. The van der Waals surface area contributed by atoms with Gasteiger partial charge in [0.1, 0.15) is 6.10 Å². The monoisotopic (exact) mass is 182 g/mol. The number of rotatable bonds is 3. The van der Waals surface area contributed by atoms with Crippen molar-refractivity contribution < 1.29 is 9.63 Å². The second-order valence-electron chi connectivity index (χ2n) is 3.03. The van der Waals surface area contributed by atoms with Gasteiger partial charge in [-0.2, -0.15) is 0 Å². The number of nitrogens with zero attached hydrogens (tertiary/aromatic N) is 1. The van der Waals surface area contributed by atoms with Crippen LogP contribution in [0.2, 0.25) is 0 Å². The Balaban J connectivity index is 2.24. The van der Waals surface area contributed by atoms with Gasteiger partial charge in [0.05, 0.1) is 0 Å². The molecule has 0 spiro atoms. The molecule has 1 rings (SSSR count). The molecule has 4 nitrogen and oxygen atoms in total. The number of amidine groups is 1. The molecule has 0 saturated heterocycles. The Labute approximate surface area is 77.6 Å². The fourth-order valence-electron chi connectivity index (χ4n) is 1.03. The van der Waals surface area contributed by atoms with Crippen LogP contribution in [0.5, 0.6) is 0 Å². The molecule has 1 unspecified atom stereocenters. The van der Waals surface area contributed by atoms with Crippen molar-refractivity contribution in [3.05, 3.63) is 12.7 Å². The molecule has 0 aromatic rings. The molecule has 1 aliphatic rings. The summed E-state index contributed by atoms with van der Waals surface area (Å²) < 4.78 is 0. The number of carbonyl (C=O) groups excluding carboxylic acids is 1. The Morgan fingerprint density at radius 1 is 1.92 bits per heavy atom. The minimum Gasteiger partial charge on any atom is -0.391 e. The first-order valence-electron chi connectivity index (χ1n) is 4.36. The maximum absolute atomic E-state index is 11.2. The zero-order chi connectivity index (χ0) is 9.68. The van der Waals surface area contributed by atoms with Gasteiger partial charge in [0.15, 0.2) is 5.84 Å². The molecule has 1 atom stereocenters. The Morgan fingerprint density at radius 3 is 3.23 bits per heavy atom. The summed E-state index contributed by atoms with van der Waals surface area (Å²) in [6, 6.07) is 0. The molecule has 0 aromatic carbocycles. The number of amides is 1. The lowest BCUT2D eigenvalue weighted by molar-refractivity contribution is -0.119. The number of hydrogen-bond acceptors (Lipinski definition) is 3. The summed E-state index contributed by atoms with van der Waals surface area (Å²) in [5, 5.41) is 6.41. The van der Waals surface area contributed by atoms with Gasteiger partial charge in [-0.05, 0) is 13.3 Å². The lowest BCUT2D eigenvalue weighted by atomic mass is 10.2. The van der Waals surface area contributed by atoms with Crippen LogP contribution in [-0.2, 0) is 9.63 Å². The minimum atomic E-state index is -0.0312. The van der Waals surface area contributed by atoms with Crippen LogP contribution in [-0.4, -0.2) is 17.8 Å². The molecule has 1 aliphatic heterocycles. The molecular weight excluding hydrogens is 168 g/mol. The summed E-state index contributed by atoms with van der Waals surface area (Å²) in [6.07, 6.45) is 3.62. The quantitative estimate of drug-likeness (QED) is 0.666. The van der Waals surface area contributed by atoms with E-state index < -0.39 is 0 Å². The number of carbonyl (C=O) groups is 1. The first-order chi connectivity index (χ1) is 6.22. The molecule has 1 amide bonds. The Bertz CT molecular complexity index is 236. The SMILES string of the molecule is C=CCCC(=O)NC1=NOC(C)C1. The predicted molar refractivity (Wildman–Crippen MR) is 50.2 cm³/mol. The van der Waals surface area contributed by atoms with Crippen molar-refractivity contribution >= 4 is 11.7 Å². The zero-order valence-electron chi connectivity index (χ0n) is 7.75. The highest BCUT2D eigenvalue weighted by atomic mass is 16.6. The third-order valence-corrected chi connectivity index (χ3v) is 1.68. The minimum absolute atomic E-state index is 0.0312. The van der Waals surface area contributed by atoms with E-state index in [-0.39, 0.29) is 12.0 Å². The van der Waals surface area contributed by atoms with E-state index in [1.54, 1.807) is 6.08 Å². The highest BCUT2D eigenvalue weighted by molar-refractivity contribution is 5.98. The third kappa shape index (κ3) is 3.27. The summed E-state index contributed by atoms with van der Waals surface area (Å²) in [5.74, 6) is 0.595. The summed E-state index contributed by atoms with van der Waals surface area (Å²) in [4.78, 5) is 16.1. The number of nitrogens with one attached hydrogen (secondary N) is 1. The van der Waals surface area contributed by atoms with Crippen LogP contribution in [0.25, 0.3) is 0 Å². The second kappa shape index (κ2) is 4.64. The number of oxime groups is 1. The van der Waals surface area contributed by atoms with Crippen LogP contribution in [0.1, 0.15) is 26.2 Å². The van der Waals surface area contributed by atoms with Gasteiger partial charge in [-0.15, -0.1) is 6.58 Å². The van der Waals surface area contributed by atoms with E-state index in [9.17, 15) is 4.79 Å². The van der Waals surface area contributed by atoms with Crippen molar-refractivity contribution in [1.29, 1.82) is 0 Å². The lowest BCUT2D eigenvalue weighted by Gasteiger charge is -2.00. The molecule has 0 aromatic heterocycles. The molecule has 13 heavy (non-hydrogen) atoms. The maximum atomic E-state index is 11.2. The van der Waals surface area contributed by atoms with Crippen LogP contribution in [0.15, 0.2) is 17.8 Å². The summed E-state index contributed by atoms with van der Waals surface area (Å²) >= 11 is 0. The number of hydrogen-bond donors (Lipinski definition) is 1. The molecule has 4 heteroatoms. The van der Waals surface area contributed by atoms with Gasteiger partial charge in [-0.25, -0.2) is 0 Å². The van der Waals surface area contributed by atoms with Crippen molar-refractivity contribution in [2.24, 2.45) is 5.16 Å². The van der Waals surface area contributed by atoms with Gasteiger partial charge in [0.2, 0.25) is 5.91 Å². The molecule has 0 fully saturated rings. The fraction of sp³-hybridized carbons (Fsp3) is 0.556. The Morgan fingerprint density at radius 2 is 2.69 bits per heavy atom. The summed E-state index contributed by atoms with van der Waals surface area (Å²) in [6.45, 7) is 5.45. The van der Waals surface area contributed by atoms with Crippen LogP contribution in [0, 0.1) is 0 Å². The molecule has 1 heterocycles. The van der Waals surface area contributed by atoms with Gasteiger partial charge in [-0.3, -0.25) is 4.79 Å². The molecular formula is C9H14N2O2. The van der Waals surface area contributed by atoms with E-state index in [1.807, 2.05) is 6.92 Å². The number of allylic oxidation sites excluding steroid dienone is 1. The van der Waals surface area contributed by atoms with E-state index in [2.05, 4.69) is 17.1 Å². The van der Waals surface area contributed by atoms with E-state index in [0.717, 1.165) is 0 Å². The molecule has 72 valence electrons. The zero-order valence-corrected chi connectivity index (χ0v) is 7.75. The average molecular weight is 182 g/mol. The van der Waals surface area contributed by atoms with Crippen molar-refractivity contribution in [3.63, 3.8) is 0 Å². The van der Waals surface area contributed by atoms with Gasteiger partial charge in [-0.1, -0.05) is 11.2 Å². The highest BCUT2D eigenvalue weighted by Gasteiger charge is 2.17. The van der Waals surface area contributed by atoms with Crippen molar-refractivity contribution in [2.45, 2.75) is 32.3 Å². The van der Waals surface area contributed by atoms with Crippen LogP contribution < -0.4 is 5.32 Å². The van der Waals surface area contributed by atoms with E-state index in [0.29, 0.717) is 25.1 Å². The molecule has 0 aliphatic carbocycles. The van der Waals surface area contributed by atoms with Crippen LogP contribution >= 0.6 is 0 Å². The van der Waals surface area contributed by atoms with Crippen molar-refractivity contribution in [3.8, 4) is 0 Å². The third-order valence-electron chi connectivity index (χ3n) is 1.68. The van der Waals surface area contributed by atoms with E-state index in [4.69, 9.17) is 4.84 Å². The lowest BCUT2D eigenvalue weighted by Crippen LogP contribution is -2.29. The molecule has 0 radical (unpaired) electrons. The normalized spacial score (nSPS) is 20.4.